The van der Waals surface area contributed by atoms with E-state index in [4.69, 9.17) is 4.42 Å². The third kappa shape index (κ3) is 5.12. The highest BCUT2D eigenvalue weighted by Gasteiger charge is 2.21. The number of amides is 1. The molecule has 1 aliphatic rings. The van der Waals surface area contributed by atoms with E-state index < -0.39 is 0 Å². The van der Waals surface area contributed by atoms with E-state index in [1.807, 2.05) is 6.07 Å². The van der Waals surface area contributed by atoms with Gasteiger partial charge in [0.25, 0.3) is 5.91 Å². The molecular weight excluding hydrogens is 367 g/mol. The molecule has 4 nitrogen and oxygen atoms in total. The number of hydrogen-bond acceptors (Lipinski definition) is 3. The molecule has 150 valence electrons. The fraction of sp³-hybridized carbons (Fsp3) is 0.292. The summed E-state index contributed by atoms with van der Waals surface area (Å²) in [7, 11) is 0. The maximum Gasteiger partial charge on any atom is 0.287 e. The molecule has 1 atom stereocenters. The van der Waals surface area contributed by atoms with Crippen LogP contribution in [0.4, 0.5) is 4.39 Å². The lowest BCUT2D eigenvalue weighted by atomic mass is 9.97. The monoisotopic (exact) mass is 392 g/mol. The topological polar surface area (TPSA) is 45.5 Å². The Bertz CT molecular complexity index is 937. The highest BCUT2D eigenvalue weighted by atomic mass is 19.1. The van der Waals surface area contributed by atoms with Gasteiger partial charge in [0.1, 0.15) is 11.6 Å². The quantitative estimate of drug-likeness (QED) is 0.660. The minimum atomic E-state index is -0.299. The maximum atomic E-state index is 13.1. The van der Waals surface area contributed by atoms with Crippen molar-refractivity contribution in [1.29, 1.82) is 0 Å². The SMILES string of the molecule is O=C(NCC1CCCN(Cc2ccccc2)C1)c1ccc(-c2ccc(F)cc2)o1. The van der Waals surface area contributed by atoms with Crippen LogP contribution in [0.25, 0.3) is 11.3 Å². The molecule has 2 aromatic carbocycles. The predicted octanol–water partition coefficient (Wildman–Crippen LogP) is 4.73. The summed E-state index contributed by atoms with van der Waals surface area (Å²) >= 11 is 0. The molecule has 29 heavy (non-hydrogen) atoms. The second-order valence-electron chi connectivity index (χ2n) is 7.61. The van der Waals surface area contributed by atoms with E-state index in [-0.39, 0.29) is 17.5 Å². The van der Waals surface area contributed by atoms with Gasteiger partial charge in [-0.25, -0.2) is 4.39 Å². The van der Waals surface area contributed by atoms with Crippen molar-refractivity contribution < 1.29 is 13.6 Å². The fourth-order valence-corrected chi connectivity index (χ4v) is 3.86. The number of rotatable bonds is 6. The molecule has 1 unspecified atom stereocenters. The van der Waals surface area contributed by atoms with Crippen molar-refractivity contribution >= 4 is 5.91 Å². The van der Waals surface area contributed by atoms with Crippen LogP contribution in [0.15, 0.2) is 71.1 Å². The van der Waals surface area contributed by atoms with Gasteiger partial charge in [0.05, 0.1) is 0 Å². The summed E-state index contributed by atoms with van der Waals surface area (Å²) in [5.74, 6) is 0.761. The van der Waals surface area contributed by atoms with Crippen LogP contribution in [0.1, 0.15) is 29.0 Å². The molecule has 1 aromatic heterocycles. The Morgan fingerprint density at radius 1 is 1.07 bits per heavy atom. The molecule has 0 radical (unpaired) electrons. The maximum absolute atomic E-state index is 13.1. The highest BCUT2D eigenvalue weighted by Crippen LogP contribution is 2.23. The lowest BCUT2D eigenvalue weighted by Crippen LogP contribution is -2.40. The first-order valence-electron chi connectivity index (χ1n) is 10.1. The lowest BCUT2D eigenvalue weighted by Gasteiger charge is -2.32. The first-order valence-corrected chi connectivity index (χ1v) is 10.1. The summed E-state index contributed by atoms with van der Waals surface area (Å²) in [6.45, 7) is 3.66. The molecule has 1 amide bonds. The number of benzene rings is 2. The standard InChI is InChI=1S/C24H25FN2O2/c25-21-10-8-20(9-11-21)22-12-13-23(29-22)24(28)26-15-19-7-4-14-27(17-19)16-18-5-2-1-3-6-18/h1-3,5-6,8-13,19H,4,7,14-17H2,(H,26,28). The first-order chi connectivity index (χ1) is 14.2. The molecule has 1 N–H and O–H groups in total. The fourth-order valence-electron chi connectivity index (χ4n) is 3.86. The number of hydrogen-bond donors (Lipinski definition) is 1. The number of piperidine rings is 1. The summed E-state index contributed by atoms with van der Waals surface area (Å²) in [4.78, 5) is 14.9. The van der Waals surface area contributed by atoms with E-state index in [2.05, 4.69) is 34.5 Å². The van der Waals surface area contributed by atoms with Gasteiger partial charge in [0, 0.05) is 25.2 Å². The molecule has 1 fully saturated rings. The molecule has 5 heteroatoms. The molecule has 0 spiro atoms. The average Bonchev–Trinajstić information content (AvgIpc) is 3.24. The first kappa shape index (κ1) is 19.4. The van der Waals surface area contributed by atoms with Crippen molar-refractivity contribution in [2.75, 3.05) is 19.6 Å². The van der Waals surface area contributed by atoms with Gasteiger partial charge in [-0.05, 0) is 67.3 Å². The number of carbonyl (C=O) groups is 1. The van der Waals surface area contributed by atoms with Crippen LogP contribution in [0.5, 0.6) is 0 Å². The van der Waals surface area contributed by atoms with E-state index >= 15 is 0 Å². The van der Waals surface area contributed by atoms with Crippen LogP contribution in [0.3, 0.4) is 0 Å². The molecule has 2 heterocycles. The number of halogens is 1. The van der Waals surface area contributed by atoms with Crippen molar-refractivity contribution in [3.05, 3.63) is 83.9 Å². The number of likely N-dealkylation sites (tertiary alicyclic amines) is 1. The summed E-state index contributed by atoms with van der Waals surface area (Å²) in [5.41, 5.74) is 2.07. The summed E-state index contributed by atoms with van der Waals surface area (Å²) < 4.78 is 18.7. The van der Waals surface area contributed by atoms with Crippen molar-refractivity contribution in [2.24, 2.45) is 5.92 Å². The minimum absolute atomic E-state index is 0.210. The Morgan fingerprint density at radius 2 is 1.86 bits per heavy atom. The van der Waals surface area contributed by atoms with Gasteiger partial charge in [-0.3, -0.25) is 9.69 Å². The Balaban J connectivity index is 1.29. The molecule has 3 aromatic rings. The molecule has 0 saturated carbocycles. The van der Waals surface area contributed by atoms with Crippen LogP contribution >= 0.6 is 0 Å². The zero-order chi connectivity index (χ0) is 20.1. The Labute approximate surface area is 170 Å². The largest absolute Gasteiger partial charge is 0.451 e. The lowest BCUT2D eigenvalue weighted by molar-refractivity contribution is 0.0904. The third-order valence-electron chi connectivity index (χ3n) is 5.36. The molecular formula is C24H25FN2O2. The van der Waals surface area contributed by atoms with Crippen LogP contribution in [0, 0.1) is 11.7 Å². The van der Waals surface area contributed by atoms with Gasteiger partial charge in [-0.2, -0.15) is 0 Å². The minimum Gasteiger partial charge on any atom is -0.451 e. The van der Waals surface area contributed by atoms with Gasteiger partial charge < -0.3 is 9.73 Å². The smallest absolute Gasteiger partial charge is 0.287 e. The summed E-state index contributed by atoms with van der Waals surface area (Å²) in [6, 6.07) is 19.9. The van der Waals surface area contributed by atoms with E-state index in [9.17, 15) is 9.18 Å². The van der Waals surface area contributed by atoms with Gasteiger partial charge in [0.2, 0.25) is 0 Å². The molecule has 1 aliphatic heterocycles. The van der Waals surface area contributed by atoms with Crippen molar-refractivity contribution in [1.82, 2.24) is 10.2 Å². The molecule has 0 bridgehead atoms. The van der Waals surface area contributed by atoms with E-state index in [0.717, 1.165) is 38.0 Å². The summed E-state index contributed by atoms with van der Waals surface area (Å²) in [6.07, 6.45) is 2.26. The van der Waals surface area contributed by atoms with Crippen LogP contribution in [0.2, 0.25) is 0 Å². The molecule has 0 aliphatic carbocycles. The van der Waals surface area contributed by atoms with Crippen LogP contribution < -0.4 is 5.32 Å². The van der Waals surface area contributed by atoms with Gasteiger partial charge in [0.15, 0.2) is 5.76 Å². The zero-order valence-electron chi connectivity index (χ0n) is 16.3. The van der Waals surface area contributed by atoms with E-state index in [1.165, 1.54) is 17.7 Å². The Hall–Kier alpha value is -2.92. The molecule has 1 saturated heterocycles. The zero-order valence-corrected chi connectivity index (χ0v) is 16.3. The van der Waals surface area contributed by atoms with Gasteiger partial charge in [-0.15, -0.1) is 0 Å². The van der Waals surface area contributed by atoms with Crippen LogP contribution in [-0.2, 0) is 6.54 Å². The second-order valence-corrected chi connectivity index (χ2v) is 7.61. The Kier molecular flexibility index (Phi) is 6.06. The highest BCUT2D eigenvalue weighted by molar-refractivity contribution is 5.92. The number of furan rings is 1. The van der Waals surface area contributed by atoms with Crippen LogP contribution in [-0.4, -0.2) is 30.4 Å². The number of nitrogens with one attached hydrogen (secondary N) is 1. The third-order valence-corrected chi connectivity index (χ3v) is 5.36. The van der Waals surface area contributed by atoms with Crippen molar-refractivity contribution in [3.8, 4) is 11.3 Å². The van der Waals surface area contributed by atoms with Gasteiger partial charge >= 0.3 is 0 Å². The predicted molar refractivity (Wildman–Crippen MR) is 111 cm³/mol. The average molecular weight is 392 g/mol. The van der Waals surface area contributed by atoms with Gasteiger partial charge in [-0.1, -0.05) is 30.3 Å². The van der Waals surface area contributed by atoms with Crippen molar-refractivity contribution in [2.45, 2.75) is 19.4 Å². The van der Waals surface area contributed by atoms with E-state index in [0.29, 0.717) is 18.2 Å². The number of carbonyl (C=O) groups excluding carboxylic acids is 1. The van der Waals surface area contributed by atoms with E-state index in [1.54, 1.807) is 24.3 Å². The summed E-state index contributed by atoms with van der Waals surface area (Å²) in [5, 5.41) is 3.01. The second kappa shape index (κ2) is 9.05. The normalized spacial score (nSPS) is 17.2. The number of nitrogens with zero attached hydrogens (tertiary/aromatic N) is 1. The van der Waals surface area contributed by atoms with Crippen molar-refractivity contribution in [3.63, 3.8) is 0 Å². The molecule has 4 rings (SSSR count). The Morgan fingerprint density at radius 3 is 2.66 bits per heavy atom.